The molecule has 1 saturated heterocycles. The van der Waals surface area contributed by atoms with E-state index in [0.717, 1.165) is 11.8 Å². The van der Waals surface area contributed by atoms with Crippen molar-refractivity contribution in [3.63, 3.8) is 0 Å². The minimum atomic E-state index is -1.03. The van der Waals surface area contributed by atoms with Gasteiger partial charge >= 0.3 is 5.97 Å². The SMILES string of the molecule is O=C(O)CC1SC(=N/N=C/c2ccccc2Cl)NC1=O. The van der Waals surface area contributed by atoms with Gasteiger partial charge in [0.15, 0.2) is 5.17 Å². The minimum Gasteiger partial charge on any atom is -0.481 e. The second-order valence-electron chi connectivity index (χ2n) is 3.86. The number of carbonyl (C=O) groups excluding carboxylic acids is 1. The third-order valence-corrected chi connectivity index (χ3v) is 3.80. The van der Waals surface area contributed by atoms with Gasteiger partial charge in [-0.2, -0.15) is 5.10 Å². The van der Waals surface area contributed by atoms with Gasteiger partial charge in [0.25, 0.3) is 0 Å². The van der Waals surface area contributed by atoms with Gasteiger partial charge in [0.05, 0.1) is 12.6 Å². The molecule has 1 aromatic rings. The summed E-state index contributed by atoms with van der Waals surface area (Å²) in [6, 6.07) is 7.12. The number of thioether (sulfide) groups is 1. The van der Waals surface area contributed by atoms with Crippen LogP contribution in [0.1, 0.15) is 12.0 Å². The molecule has 1 amide bonds. The Kier molecular flexibility index (Phi) is 4.75. The fourth-order valence-electron chi connectivity index (χ4n) is 1.47. The second kappa shape index (κ2) is 6.53. The minimum absolute atomic E-state index is 0.246. The van der Waals surface area contributed by atoms with Gasteiger partial charge in [0.2, 0.25) is 5.91 Å². The quantitative estimate of drug-likeness (QED) is 0.654. The third kappa shape index (κ3) is 3.82. The number of amides is 1. The van der Waals surface area contributed by atoms with E-state index >= 15 is 0 Å². The van der Waals surface area contributed by atoms with Crippen LogP contribution in [-0.4, -0.2) is 33.6 Å². The van der Waals surface area contributed by atoms with E-state index in [9.17, 15) is 9.59 Å². The van der Waals surface area contributed by atoms with Crippen molar-refractivity contribution in [3.8, 4) is 0 Å². The summed E-state index contributed by atoms with van der Waals surface area (Å²) in [5.74, 6) is -1.40. The van der Waals surface area contributed by atoms with Gasteiger partial charge in [-0.15, -0.1) is 5.10 Å². The van der Waals surface area contributed by atoms with E-state index in [1.165, 1.54) is 6.21 Å². The molecule has 6 nitrogen and oxygen atoms in total. The lowest BCUT2D eigenvalue weighted by Gasteiger charge is -1.97. The van der Waals surface area contributed by atoms with E-state index in [2.05, 4.69) is 15.5 Å². The first-order valence-electron chi connectivity index (χ1n) is 5.61. The van der Waals surface area contributed by atoms with Gasteiger partial charge in [0.1, 0.15) is 5.25 Å². The second-order valence-corrected chi connectivity index (χ2v) is 5.46. The van der Waals surface area contributed by atoms with E-state index < -0.39 is 11.2 Å². The number of aliphatic carboxylic acids is 1. The highest BCUT2D eigenvalue weighted by Crippen LogP contribution is 2.22. The Bertz CT molecular complexity index is 603. The molecule has 0 bridgehead atoms. The summed E-state index contributed by atoms with van der Waals surface area (Å²) in [5.41, 5.74) is 0.704. The molecule has 20 heavy (non-hydrogen) atoms. The lowest BCUT2D eigenvalue weighted by atomic mass is 10.2. The van der Waals surface area contributed by atoms with Crippen LogP contribution in [0.4, 0.5) is 0 Å². The van der Waals surface area contributed by atoms with E-state index in [1.54, 1.807) is 18.2 Å². The maximum Gasteiger partial charge on any atom is 0.305 e. The van der Waals surface area contributed by atoms with Crippen LogP contribution in [-0.2, 0) is 9.59 Å². The number of hydrogen-bond acceptors (Lipinski definition) is 5. The van der Waals surface area contributed by atoms with Crippen LogP contribution in [0.15, 0.2) is 34.5 Å². The van der Waals surface area contributed by atoms with Crippen molar-refractivity contribution < 1.29 is 14.7 Å². The van der Waals surface area contributed by atoms with Crippen LogP contribution in [0.25, 0.3) is 0 Å². The summed E-state index contributed by atoms with van der Waals surface area (Å²) in [4.78, 5) is 22.0. The number of carboxylic acids is 1. The van der Waals surface area contributed by atoms with Crippen molar-refractivity contribution >= 4 is 46.6 Å². The molecule has 2 rings (SSSR count). The molecule has 0 spiro atoms. The van der Waals surface area contributed by atoms with Crippen molar-refractivity contribution in [2.75, 3.05) is 0 Å². The summed E-state index contributed by atoms with van der Waals surface area (Å²) < 4.78 is 0. The van der Waals surface area contributed by atoms with Crippen LogP contribution in [0.5, 0.6) is 0 Å². The first kappa shape index (κ1) is 14.5. The van der Waals surface area contributed by atoms with Crippen molar-refractivity contribution in [2.45, 2.75) is 11.7 Å². The Hall–Kier alpha value is -1.86. The van der Waals surface area contributed by atoms with Crippen LogP contribution >= 0.6 is 23.4 Å². The number of nitrogens with zero attached hydrogens (tertiary/aromatic N) is 2. The van der Waals surface area contributed by atoms with Gasteiger partial charge in [-0.05, 0) is 6.07 Å². The molecule has 0 saturated carbocycles. The number of carbonyl (C=O) groups is 2. The first-order chi connectivity index (χ1) is 9.56. The molecule has 0 radical (unpaired) electrons. The zero-order chi connectivity index (χ0) is 14.5. The molecule has 1 aliphatic heterocycles. The third-order valence-electron chi connectivity index (χ3n) is 2.39. The summed E-state index contributed by atoms with van der Waals surface area (Å²) >= 11 is 6.99. The van der Waals surface area contributed by atoms with Crippen molar-refractivity contribution in [3.05, 3.63) is 34.9 Å². The average molecular weight is 312 g/mol. The molecule has 104 valence electrons. The van der Waals surface area contributed by atoms with Crippen molar-refractivity contribution in [1.29, 1.82) is 0 Å². The van der Waals surface area contributed by atoms with Crippen LogP contribution in [0.2, 0.25) is 5.02 Å². The number of nitrogens with one attached hydrogen (secondary N) is 1. The topological polar surface area (TPSA) is 91.1 Å². The van der Waals surface area contributed by atoms with E-state index in [4.69, 9.17) is 16.7 Å². The molecule has 1 unspecified atom stereocenters. The average Bonchev–Trinajstić information content (AvgIpc) is 2.72. The van der Waals surface area contributed by atoms with Gasteiger partial charge in [-0.1, -0.05) is 41.6 Å². The Labute approximate surface area is 123 Å². The smallest absolute Gasteiger partial charge is 0.305 e. The predicted octanol–water partition coefficient (Wildman–Crippen LogP) is 1.74. The lowest BCUT2D eigenvalue weighted by molar-refractivity contribution is -0.138. The first-order valence-corrected chi connectivity index (χ1v) is 6.87. The van der Waals surface area contributed by atoms with Gasteiger partial charge in [0, 0.05) is 10.6 Å². The molecule has 1 aliphatic rings. The molecular formula is C12H10ClN3O3S. The lowest BCUT2D eigenvalue weighted by Crippen LogP contribution is -2.26. The van der Waals surface area contributed by atoms with Crippen LogP contribution in [0, 0.1) is 0 Å². The molecule has 1 atom stereocenters. The Morgan fingerprint density at radius 1 is 1.50 bits per heavy atom. The molecule has 2 N–H and O–H groups in total. The highest BCUT2D eigenvalue weighted by atomic mass is 35.5. The molecule has 1 fully saturated rings. The van der Waals surface area contributed by atoms with Crippen LogP contribution < -0.4 is 5.32 Å². The highest BCUT2D eigenvalue weighted by molar-refractivity contribution is 8.15. The van der Waals surface area contributed by atoms with Crippen molar-refractivity contribution in [1.82, 2.24) is 5.32 Å². The molecule has 1 heterocycles. The number of halogens is 1. The van der Waals surface area contributed by atoms with Crippen LogP contribution in [0.3, 0.4) is 0 Å². The predicted molar refractivity (Wildman–Crippen MR) is 78.3 cm³/mol. The fourth-order valence-corrected chi connectivity index (χ4v) is 2.57. The number of amidine groups is 1. The summed E-state index contributed by atoms with van der Waals surface area (Å²) in [7, 11) is 0. The summed E-state index contributed by atoms with van der Waals surface area (Å²) in [5, 5.41) is 19.0. The summed E-state index contributed by atoms with van der Waals surface area (Å²) in [6.45, 7) is 0. The number of benzene rings is 1. The Balaban J connectivity index is 2.01. The van der Waals surface area contributed by atoms with Crippen molar-refractivity contribution in [2.24, 2.45) is 10.2 Å². The largest absolute Gasteiger partial charge is 0.481 e. The van der Waals surface area contributed by atoms with Gasteiger partial charge in [-0.25, -0.2) is 0 Å². The molecule has 0 aliphatic carbocycles. The molecular weight excluding hydrogens is 302 g/mol. The Morgan fingerprint density at radius 3 is 2.95 bits per heavy atom. The monoisotopic (exact) mass is 311 g/mol. The summed E-state index contributed by atoms with van der Waals surface area (Å²) in [6.07, 6.45) is 1.22. The van der Waals surface area contributed by atoms with E-state index in [-0.39, 0.29) is 17.5 Å². The molecule has 0 aromatic heterocycles. The zero-order valence-electron chi connectivity index (χ0n) is 10.1. The maximum atomic E-state index is 11.5. The van der Waals surface area contributed by atoms with Gasteiger partial charge in [-0.3, -0.25) is 9.59 Å². The normalized spacial score (nSPS) is 20.6. The number of carboxylic acid groups (broad SMARTS) is 1. The maximum absolute atomic E-state index is 11.5. The zero-order valence-corrected chi connectivity index (χ0v) is 11.7. The van der Waals surface area contributed by atoms with E-state index in [0.29, 0.717) is 10.6 Å². The van der Waals surface area contributed by atoms with Gasteiger partial charge < -0.3 is 10.4 Å². The fraction of sp³-hybridized carbons (Fsp3) is 0.167. The van der Waals surface area contributed by atoms with E-state index in [1.807, 2.05) is 6.07 Å². The standard InChI is InChI=1S/C12H10ClN3O3S/c13-8-4-2-1-3-7(8)6-14-16-12-15-11(19)9(20-12)5-10(17)18/h1-4,6,9H,5H2,(H,17,18)(H,15,16,19)/b14-6+. The highest BCUT2D eigenvalue weighted by Gasteiger charge is 2.32. The number of hydrogen-bond donors (Lipinski definition) is 2. The Morgan fingerprint density at radius 2 is 2.25 bits per heavy atom. The number of rotatable bonds is 4. The molecule has 8 heteroatoms. The molecule has 1 aromatic carbocycles.